The average Bonchev–Trinajstić information content (AvgIpc) is 2.78. The molecule has 0 saturated heterocycles. The molecule has 0 saturated carbocycles. The number of benzene rings is 1. The Morgan fingerprint density at radius 1 is 1.42 bits per heavy atom. The summed E-state index contributed by atoms with van der Waals surface area (Å²) in [6.45, 7) is 6.31. The van der Waals surface area contributed by atoms with Gasteiger partial charge in [-0.3, -0.25) is 4.79 Å². The molecule has 4 nitrogen and oxygen atoms in total. The van der Waals surface area contributed by atoms with Crippen molar-refractivity contribution in [2.45, 2.75) is 39.5 Å². The van der Waals surface area contributed by atoms with Gasteiger partial charge in [-0.05, 0) is 38.0 Å². The number of fused-ring (bicyclic) bond motifs is 1. The number of aryl methyl sites for hydroxylation is 1. The molecule has 1 aromatic heterocycles. The summed E-state index contributed by atoms with van der Waals surface area (Å²) in [4.78, 5) is 19.8. The molecule has 2 aromatic rings. The number of esters is 1. The molecule has 0 radical (unpaired) electrons. The van der Waals surface area contributed by atoms with Gasteiger partial charge in [0.2, 0.25) is 0 Å². The van der Waals surface area contributed by atoms with E-state index in [0.29, 0.717) is 12.4 Å². The molecule has 4 heteroatoms. The first-order valence-corrected chi connectivity index (χ1v) is 6.78. The molecule has 1 atom stereocenters. The van der Waals surface area contributed by atoms with Gasteiger partial charge in [0.15, 0.2) is 0 Å². The van der Waals surface area contributed by atoms with Crippen LogP contribution in [0.1, 0.15) is 44.0 Å². The van der Waals surface area contributed by atoms with Gasteiger partial charge < -0.3 is 9.72 Å². The highest BCUT2D eigenvalue weighted by Gasteiger charge is 2.24. The van der Waals surface area contributed by atoms with E-state index in [0.717, 1.165) is 23.9 Å². The van der Waals surface area contributed by atoms with Crippen molar-refractivity contribution in [2.24, 2.45) is 0 Å². The molecule has 0 aliphatic rings. The molecule has 102 valence electrons. The van der Waals surface area contributed by atoms with Crippen LogP contribution in [0, 0.1) is 6.92 Å². The molecular formula is C15H20N2O2. The van der Waals surface area contributed by atoms with Gasteiger partial charge in [0.25, 0.3) is 0 Å². The first-order valence-electron chi connectivity index (χ1n) is 6.78. The predicted molar refractivity (Wildman–Crippen MR) is 75.1 cm³/mol. The summed E-state index contributed by atoms with van der Waals surface area (Å²) < 4.78 is 5.13. The van der Waals surface area contributed by atoms with Gasteiger partial charge >= 0.3 is 5.97 Å². The number of aromatic nitrogens is 2. The van der Waals surface area contributed by atoms with Crippen molar-refractivity contribution >= 4 is 17.0 Å². The molecule has 1 aromatic carbocycles. The monoisotopic (exact) mass is 260 g/mol. The number of hydrogen-bond donors (Lipinski definition) is 1. The molecule has 1 unspecified atom stereocenters. The van der Waals surface area contributed by atoms with Crippen LogP contribution in [0.2, 0.25) is 0 Å². The van der Waals surface area contributed by atoms with Crippen molar-refractivity contribution in [1.29, 1.82) is 0 Å². The number of ether oxygens (including phenoxy) is 1. The van der Waals surface area contributed by atoms with E-state index >= 15 is 0 Å². The second kappa shape index (κ2) is 5.87. The van der Waals surface area contributed by atoms with E-state index in [1.165, 1.54) is 5.56 Å². The molecule has 0 amide bonds. The lowest BCUT2D eigenvalue weighted by molar-refractivity contribution is -0.145. The summed E-state index contributed by atoms with van der Waals surface area (Å²) >= 11 is 0. The minimum absolute atomic E-state index is 0.194. The lowest BCUT2D eigenvalue weighted by Gasteiger charge is -2.11. The van der Waals surface area contributed by atoms with Crippen LogP contribution in [-0.2, 0) is 9.53 Å². The largest absolute Gasteiger partial charge is 0.465 e. The van der Waals surface area contributed by atoms with Crippen LogP contribution >= 0.6 is 0 Å². The maximum absolute atomic E-state index is 12.0. The fourth-order valence-electron chi connectivity index (χ4n) is 2.21. The van der Waals surface area contributed by atoms with Gasteiger partial charge in [-0.25, -0.2) is 4.98 Å². The summed E-state index contributed by atoms with van der Waals surface area (Å²) in [5.41, 5.74) is 3.04. The number of hydrogen-bond acceptors (Lipinski definition) is 3. The Morgan fingerprint density at radius 2 is 2.21 bits per heavy atom. The minimum atomic E-state index is -0.294. The predicted octanol–water partition coefficient (Wildman–Crippen LogP) is 3.32. The summed E-state index contributed by atoms with van der Waals surface area (Å²) in [5.74, 6) is 0.221. The van der Waals surface area contributed by atoms with Crippen molar-refractivity contribution in [3.8, 4) is 0 Å². The van der Waals surface area contributed by atoms with Crippen LogP contribution < -0.4 is 0 Å². The summed E-state index contributed by atoms with van der Waals surface area (Å²) in [6.07, 6.45) is 1.66. The highest BCUT2D eigenvalue weighted by atomic mass is 16.5. The maximum atomic E-state index is 12.0. The molecule has 0 fully saturated rings. The number of nitrogens with zero attached hydrogens (tertiary/aromatic N) is 1. The van der Waals surface area contributed by atoms with E-state index in [1.807, 2.05) is 32.0 Å². The van der Waals surface area contributed by atoms with Crippen molar-refractivity contribution in [3.63, 3.8) is 0 Å². The zero-order valence-corrected chi connectivity index (χ0v) is 11.7. The first-order chi connectivity index (χ1) is 9.15. The number of nitrogens with one attached hydrogen (secondary N) is 1. The minimum Gasteiger partial charge on any atom is -0.465 e. The zero-order valence-electron chi connectivity index (χ0n) is 11.7. The van der Waals surface area contributed by atoms with Crippen molar-refractivity contribution < 1.29 is 9.53 Å². The van der Waals surface area contributed by atoms with E-state index in [4.69, 9.17) is 4.74 Å². The summed E-state index contributed by atoms with van der Waals surface area (Å²) in [5, 5.41) is 0. The van der Waals surface area contributed by atoms with Gasteiger partial charge in [-0.15, -0.1) is 0 Å². The van der Waals surface area contributed by atoms with Crippen LogP contribution in [0.25, 0.3) is 11.0 Å². The van der Waals surface area contributed by atoms with Gasteiger partial charge in [-0.1, -0.05) is 19.4 Å². The Kier molecular flexibility index (Phi) is 4.20. The topological polar surface area (TPSA) is 55.0 Å². The van der Waals surface area contributed by atoms with E-state index in [-0.39, 0.29) is 11.9 Å². The first kappa shape index (κ1) is 13.6. The van der Waals surface area contributed by atoms with Crippen LogP contribution in [-0.4, -0.2) is 22.5 Å². The maximum Gasteiger partial charge on any atom is 0.316 e. The molecule has 1 heterocycles. The normalized spacial score (nSPS) is 12.6. The standard InChI is InChI=1S/C15H20N2O2/c1-4-6-11(15(18)19-5-2)14-16-12-8-7-10(3)9-13(12)17-14/h7-9,11H,4-6H2,1-3H3,(H,16,17). The Hall–Kier alpha value is -1.84. The molecular weight excluding hydrogens is 240 g/mol. The second-order valence-corrected chi connectivity index (χ2v) is 4.74. The second-order valence-electron chi connectivity index (χ2n) is 4.74. The van der Waals surface area contributed by atoms with E-state index in [1.54, 1.807) is 0 Å². The molecule has 2 rings (SSSR count). The number of aromatic amines is 1. The van der Waals surface area contributed by atoms with Gasteiger partial charge in [0.1, 0.15) is 11.7 Å². The lowest BCUT2D eigenvalue weighted by atomic mass is 10.0. The van der Waals surface area contributed by atoms with E-state index in [2.05, 4.69) is 16.9 Å². The highest BCUT2D eigenvalue weighted by Crippen LogP contribution is 2.23. The third kappa shape index (κ3) is 2.95. The van der Waals surface area contributed by atoms with Crippen molar-refractivity contribution in [3.05, 3.63) is 29.6 Å². The number of carbonyl (C=O) groups excluding carboxylic acids is 1. The lowest BCUT2D eigenvalue weighted by Crippen LogP contribution is -2.17. The highest BCUT2D eigenvalue weighted by molar-refractivity contribution is 5.81. The quantitative estimate of drug-likeness (QED) is 0.839. The van der Waals surface area contributed by atoms with E-state index in [9.17, 15) is 4.79 Å². The fraction of sp³-hybridized carbons (Fsp3) is 0.467. The third-order valence-corrected chi connectivity index (χ3v) is 3.13. The SMILES string of the molecule is CCCC(C(=O)OCC)c1nc2ccc(C)cc2[nH]1. The molecule has 19 heavy (non-hydrogen) atoms. The van der Waals surface area contributed by atoms with Crippen molar-refractivity contribution in [1.82, 2.24) is 9.97 Å². The number of H-pyrrole nitrogens is 1. The van der Waals surface area contributed by atoms with Crippen LogP contribution in [0.4, 0.5) is 0 Å². The number of imidazole rings is 1. The Bertz CT molecular complexity index is 575. The number of rotatable bonds is 5. The summed E-state index contributed by atoms with van der Waals surface area (Å²) in [7, 11) is 0. The number of carbonyl (C=O) groups is 1. The average molecular weight is 260 g/mol. The van der Waals surface area contributed by atoms with Crippen molar-refractivity contribution in [2.75, 3.05) is 6.61 Å². The van der Waals surface area contributed by atoms with Gasteiger partial charge in [-0.2, -0.15) is 0 Å². The zero-order chi connectivity index (χ0) is 13.8. The molecule has 1 N–H and O–H groups in total. The van der Waals surface area contributed by atoms with Crippen LogP contribution in [0.15, 0.2) is 18.2 Å². The Morgan fingerprint density at radius 3 is 2.89 bits per heavy atom. The molecule has 0 bridgehead atoms. The Balaban J connectivity index is 2.35. The smallest absolute Gasteiger partial charge is 0.316 e. The molecule has 0 aliphatic heterocycles. The van der Waals surface area contributed by atoms with Crippen LogP contribution in [0.5, 0.6) is 0 Å². The van der Waals surface area contributed by atoms with E-state index < -0.39 is 0 Å². The fourth-order valence-corrected chi connectivity index (χ4v) is 2.21. The van der Waals surface area contributed by atoms with Gasteiger partial charge in [0, 0.05) is 0 Å². The third-order valence-electron chi connectivity index (χ3n) is 3.13. The molecule has 0 aliphatic carbocycles. The Labute approximate surface area is 113 Å². The molecule has 0 spiro atoms. The van der Waals surface area contributed by atoms with Crippen LogP contribution in [0.3, 0.4) is 0 Å². The van der Waals surface area contributed by atoms with Gasteiger partial charge in [0.05, 0.1) is 17.6 Å². The summed E-state index contributed by atoms with van der Waals surface area (Å²) in [6, 6.07) is 6.03.